The van der Waals surface area contributed by atoms with Crippen molar-refractivity contribution in [3.05, 3.63) is 29.3 Å². The SMILES string of the molecule is O=C1CC(O)(C(F)(F)F)c2c(n[nH]c2C2CCN(c3cnc(C(F)(F)F)cn3)CC2)N1. The molecule has 3 N–H and O–H groups in total. The molecule has 1 atom stereocenters. The number of anilines is 2. The molecule has 1 unspecified atom stereocenters. The van der Waals surface area contributed by atoms with E-state index in [0.29, 0.717) is 19.0 Å². The van der Waals surface area contributed by atoms with Gasteiger partial charge in [-0.1, -0.05) is 0 Å². The molecule has 0 spiro atoms. The third-order valence-electron chi connectivity index (χ3n) is 5.51. The van der Waals surface area contributed by atoms with E-state index in [0.717, 1.165) is 6.20 Å². The van der Waals surface area contributed by atoms with E-state index in [1.165, 1.54) is 0 Å². The Morgan fingerprint density at radius 1 is 1.10 bits per heavy atom. The molecule has 0 saturated carbocycles. The lowest BCUT2D eigenvalue weighted by atomic mass is 9.81. The molecule has 2 aromatic rings. The molecule has 0 radical (unpaired) electrons. The number of fused-ring (bicyclic) bond motifs is 1. The van der Waals surface area contributed by atoms with Crippen molar-refractivity contribution in [3.8, 4) is 0 Å². The van der Waals surface area contributed by atoms with Crippen LogP contribution in [0.4, 0.5) is 38.0 Å². The van der Waals surface area contributed by atoms with Crippen molar-refractivity contribution < 1.29 is 36.2 Å². The number of rotatable bonds is 2. The van der Waals surface area contributed by atoms with Gasteiger partial charge in [-0.05, 0) is 12.8 Å². The molecule has 2 aromatic heterocycles. The molecule has 1 fully saturated rings. The molecule has 2 aliphatic heterocycles. The van der Waals surface area contributed by atoms with Gasteiger partial charge in [-0.3, -0.25) is 9.89 Å². The summed E-state index contributed by atoms with van der Waals surface area (Å²) in [4.78, 5) is 20.5. The zero-order valence-corrected chi connectivity index (χ0v) is 15.7. The minimum atomic E-state index is -5.09. The van der Waals surface area contributed by atoms with Gasteiger partial charge in [0.1, 0.15) is 5.82 Å². The summed E-state index contributed by atoms with van der Waals surface area (Å²) in [5.41, 5.74) is -4.90. The fourth-order valence-electron chi connectivity index (χ4n) is 3.93. The van der Waals surface area contributed by atoms with Crippen molar-refractivity contribution in [2.45, 2.75) is 43.1 Å². The molecule has 8 nitrogen and oxygen atoms in total. The first kappa shape index (κ1) is 21.3. The number of halogens is 6. The van der Waals surface area contributed by atoms with Gasteiger partial charge in [0.15, 0.2) is 17.1 Å². The van der Waals surface area contributed by atoms with Crippen LogP contribution >= 0.6 is 0 Å². The predicted molar refractivity (Wildman–Crippen MR) is 93.0 cm³/mol. The van der Waals surface area contributed by atoms with Crippen LogP contribution in [-0.4, -0.2) is 50.4 Å². The van der Waals surface area contributed by atoms with Crippen molar-refractivity contribution in [2.75, 3.05) is 23.3 Å². The fourth-order valence-corrected chi connectivity index (χ4v) is 3.93. The molecular weight excluding hydrogens is 434 g/mol. The number of hydrogen-bond acceptors (Lipinski definition) is 6. The minimum Gasteiger partial charge on any atom is -0.376 e. The van der Waals surface area contributed by atoms with Gasteiger partial charge in [-0.25, -0.2) is 9.97 Å². The summed E-state index contributed by atoms with van der Waals surface area (Å²) in [5.74, 6) is -1.58. The zero-order chi connectivity index (χ0) is 22.6. The van der Waals surface area contributed by atoms with Gasteiger partial charge >= 0.3 is 12.4 Å². The molecule has 14 heteroatoms. The van der Waals surface area contributed by atoms with Crippen molar-refractivity contribution in [3.63, 3.8) is 0 Å². The van der Waals surface area contributed by atoms with Crippen LogP contribution in [0.1, 0.15) is 42.1 Å². The van der Waals surface area contributed by atoms with E-state index in [1.54, 1.807) is 4.90 Å². The fraction of sp³-hybridized carbons (Fsp3) is 0.529. The van der Waals surface area contributed by atoms with Gasteiger partial charge in [-0.2, -0.15) is 31.4 Å². The molecule has 4 heterocycles. The second-order valence-electron chi connectivity index (χ2n) is 7.46. The molecule has 2 aliphatic rings. The summed E-state index contributed by atoms with van der Waals surface area (Å²) < 4.78 is 78.8. The van der Waals surface area contributed by atoms with Gasteiger partial charge in [0.2, 0.25) is 5.91 Å². The van der Waals surface area contributed by atoms with E-state index in [2.05, 4.69) is 25.5 Å². The zero-order valence-electron chi connectivity index (χ0n) is 15.7. The Morgan fingerprint density at radius 2 is 1.77 bits per heavy atom. The molecule has 1 amide bonds. The predicted octanol–water partition coefficient (Wildman–Crippen LogP) is 2.69. The highest BCUT2D eigenvalue weighted by Gasteiger charge is 2.61. The van der Waals surface area contributed by atoms with Crippen molar-refractivity contribution in [2.24, 2.45) is 0 Å². The summed E-state index contributed by atoms with van der Waals surface area (Å²) in [7, 11) is 0. The maximum atomic E-state index is 13.6. The van der Waals surface area contributed by atoms with Crippen LogP contribution in [0, 0.1) is 0 Å². The smallest absolute Gasteiger partial charge is 0.376 e. The number of nitrogens with zero attached hydrogens (tertiary/aromatic N) is 4. The van der Waals surface area contributed by atoms with E-state index in [4.69, 9.17) is 0 Å². The van der Waals surface area contributed by atoms with Gasteiger partial charge in [0.05, 0.1) is 24.4 Å². The Kier molecular flexibility index (Phi) is 4.87. The molecule has 0 aliphatic carbocycles. The van der Waals surface area contributed by atoms with Crippen LogP contribution in [0.25, 0.3) is 0 Å². The third-order valence-corrected chi connectivity index (χ3v) is 5.51. The highest BCUT2D eigenvalue weighted by atomic mass is 19.4. The second kappa shape index (κ2) is 7.07. The van der Waals surface area contributed by atoms with Crippen LogP contribution in [-0.2, 0) is 16.6 Å². The summed E-state index contributed by atoms with van der Waals surface area (Å²) in [5, 5.41) is 18.9. The number of alkyl halides is 6. The van der Waals surface area contributed by atoms with E-state index in [9.17, 15) is 36.2 Å². The van der Waals surface area contributed by atoms with Crippen LogP contribution in [0.5, 0.6) is 0 Å². The number of hydrogen-bond donors (Lipinski definition) is 3. The van der Waals surface area contributed by atoms with E-state index in [1.807, 2.05) is 0 Å². The molecule has 1 saturated heterocycles. The number of aromatic amines is 1. The standard InChI is InChI=1S/C17H16F6N6O2/c18-16(19,20)9-6-25-10(7-24-9)29-3-1-8(2-4-29)13-12-14(28-27-13)26-11(30)5-15(12,31)17(21,22)23/h6-8,31H,1-5H2,(H2,26,27,28,30). The lowest BCUT2D eigenvalue weighted by Crippen LogP contribution is -2.49. The summed E-state index contributed by atoms with van der Waals surface area (Å²) in [6.07, 6.45) is -8.61. The number of nitrogens with one attached hydrogen (secondary N) is 2. The summed E-state index contributed by atoms with van der Waals surface area (Å²) >= 11 is 0. The van der Waals surface area contributed by atoms with Crippen molar-refractivity contribution in [1.82, 2.24) is 20.2 Å². The van der Waals surface area contributed by atoms with Crippen LogP contribution in [0.3, 0.4) is 0 Å². The van der Waals surface area contributed by atoms with E-state index >= 15 is 0 Å². The maximum Gasteiger partial charge on any atom is 0.434 e. The average molecular weight is 450 g/mol. The molecule has 31 heavy (non-hydrogen) atoms. The second-order valence-corrected chi connectivity index (χ2v) is 7.46. The Morgan fingerprint density at radius 3 is 2.32 bits per heavy atom. The lowest BCUT2D eigenvalue weighted by molar-refractivity contribution is -0.267. The number of piperidine rings is 1. The maximum absolute atomic E-state index is 13.6. The lowest BCUT2D eigenvalue weighted by Gasteiger charge is -2.36. The summed E-state index contributed by atoms with van der Waals surface area (Å²) in [6, 6.07) is 0. The number of carbonyl (C=O) groups excluding carboxylic acids is 1. The van der Waals surface area contributed by atoms with Crippen LogP contribution in [0.2, 0.25) is 0 Å². The van der Waals surface area contributed by atoms with Gasteiger partial charge < -0.3 is 15.3 Å². The Labute approximate surface area is 170 Å². The Balaban J connectivity index is 1.54. The number of H-pyrrole nitrogens is 1. The minimum absolute atomic E-state index is 0.0768. The number of carbonyl (C=O) groups is 1. The first-order valence-electron chi connectivity index (χ1n) is 9.22. The quantitative estimate of drug-likeness (QED) is 0.608. The largest absolute Gasteiger partial charge is 0.434 e. The van der Waals surface area contributed by atoms with Gasteiger partial charge in [-0.15, -0.1) is 0 Å². The van der Waals surface area contributed by atoms with Crippen molar-refractivity contribution in [1.29, 1.82) is 0 Å². The number of aromatic nitrogens is 4. The third kappa shape index (κ3) is 3.68. The van der Waals surface area contributed by atoms with Crippen molar-refractivity contribution >= 4 is 17.5 Å². The molecular formula is C17H16F6N6O2. The van der Waals surface area contributed by atoms with E-state index < -0.39 is 47.5 Å². The number of amides is 1. The first-order valence-corrected chi connectivity index (χ1v) is 9.22. The highest BCUT2D eigenvalue weighted by molar-refractivity contribution is 5.94. The average Bonchev–Trinajstić information content (AvgIpc) is 3.11. The Hall–Kier alpha value is -2.90. The molecule has 0 aromatic carbocycles. The molecule has 4 rings (SSSR count). The number of aliphatic hydroxyl groups is 1. The Bertz CT molecular complexity index is 980. The first-order chi connectivity index (χ1) is 14.4. The van der Waals surface area contributed by atoms with Crippen LogP contribution < -0.4 is 10.2 Å². The van der Waals surface area contributed by atoms with Gasteiger partial charge in [0, 0.05) is 24.7 Å². The normalized spacial score (nSPS) is 22.9. The monoisotopic (exact) mass is 450 g/mol. The molecule has 168 valence electrons. The topological polar surface area (TPSA) is 107 Å². The van der Waals surface area contributed by atoms with Gasteiger partial charge in [0.25, 0.3) is 0 Å². The van der Waals surface area contributed by atoms with E-state index in [-0.39, 0.29) is 30.4 Å². The molecule has 0 bridgehead atoms. The summed E-state index contributed by atoms with van der Waals surface area (Å²) in [6.45, 7) is 0.574. The van der Waals surface area contributed by atoms with Crippen LogP contribution in [0.15, 0.2) is 12.4 Å². The highest BCUT2D eigenvalue weighted by Crippen LogP contribution is 2.49.